The molecule has 2 N–H and O–H groups in total. The van der Waals surface area contributed by atoms with Crippen molar-refractivity contribution in [2.24, 2.45) is 5.92 Å². The van der Waals surface area contributed by atoms with Crippen molar-refractivity contribution in [1.29, 1.82) is 0 Å². The normalized spacial score (nSPS) is 23.1. The van der Waals surface area contributed by atoms with Crippen LogP contribution >= 0.6 is 0 Å². The number of carbonyl (C=O) groups excluding carboxylic acids is 2. The lowest BCUT2D eigenvalue weighted by Crippen LogP contribution is -2.21. The highest BCUT2D eigenvalue weighted by atomic mass is 16.3. The van der Waals surface area contributed by atoms with Crippen molar-refractivity contribution < 1.29 is 19.8 Å². The van der Waals surface area contributed by atoms with Gasteiger partial charge in [-0.25, -0.2) is 0 Å². The third-order valence-electron chi connectivity index (χ3n) is 1.98. The molecular formula is C9H10O4. The Balaban J connectivity index is 3.25. The highest BCUT2D eigenvalue weighted by Crippen LogP contribution is 2.24. The van der Waals surface area contributed by atoms with Crippen molar-refractivity contribution in [2.45, 2.75) is 13.8 Å². The third kappa shape index (κ3) is 1.47. The van der Waals surface area contributed by atoms with Gasteiger partial charge in [-0.15, -0.1) is 0 Å². The molecule has 1 aliphatic rings. The minimum absolute atomic E-state index is 0.160. The minimum Gasteiger partial charge on any atom is -0.511 e. The first-order chi connectivity index (χ1) is 5.95. The van der Waals surface area contributed by atoms with Crippen LogP contribution in [0.15, 0.2) is 23.2 Å². The summed E-state index contributed by atoms with van der Waals surface area (Å²) in [6.07, 6.45) is 0.959. The average molecular weight is 182 g/mol. The van der Waals surface area contributed by atoms with E-state index in [1.807, 2.05) is 0 Å². The highest BCUT2D eigenvalue weighted by Gasteiger charge is 2.29. The zero-order chi connectivity index (χ0) is 10.2. The van der Waals surface area contributed by atoms with Crippen molar-refractivity contribution in [3.05, 3.63) is 23.2 Å². The van der Waals surface area contributed by atoms with Gasteiger partial charge in [0.05, 0.1) is 11.5 Å². The Bertz CT molecular complexity index is 336. The van der Waals surface area contributed by atoms with E-state index in [9.17, 15) is 19.8 Å². The summed E-state index contributed by atoms with van der Waals surface area (Å²) in [5.74, 6) is -2.40. The molecule has 4 nitrogen and oxygen atoms in total. The van der Waals surface area contributed by atoms with Crippen LogP contribution in [-0.4, -0.2) is 21.8 Å². The molecule has 4 heteroatoms. The van der Waals surface area contributed by atoms with Crippen molar-refractivity contribution in [2.75, 3.05) is 0 Å². The SMILES string of the molecule is CC(=O)C1=C(O)C(C)C(=O)C=C1O. The van der Waals surface area contributed by atoms with E-state index in [2.05, 4.69) is 0 Å². The van der Waals surface area contributed by atoms with Crippen LogP contribution in [0.1, 0.15) is 13.8 Å². The summed E-state index contributed by atoms with van der Waals surface area (Å²) >= 11 is 0. The topological polar surface area (TPSA) is 74.6 Å². The van der Waals surface area contributed by atoms with E-state index in [0.717, 1.165) is 6.08 Å². The molecule has 0 heterocycles. The van der Waals surface area contributed by atoms with Gasteiger partial charge < -0.3 is 10.2 Å². The first-order valence-electron chi connectivity index (χ1n) is 3.84. The molecule has 1 atom stereocenters. The summed E-state index contributed by atoms with van der Waals surface area (Å²) < 4.78 is 0. The van der Waals surface area contributed by atoms with Gasteiger partial charge in [-0.3, -0.25) is 9.59 Å². The maximum absolute atomic E-state index is 11.0. The fourth-order valence-corrected chi connectivity index (χ4v) is 1.18. The van der Waals surface area contributed by atoms with Crippen molar-refractivity contribution >= 4 is 11.6 Å². The lowest BCUT2D eigenvalue weighted by Gasteiger charge is -2.16. The van der Waals surface area contributed by atoms with Crippen LogP contribution in [0.4, 0.5) is 0 Å². The van der Waals surface area contributed by atoms with Gasteiger partial charge >= 0.3 is 0 Å². The summed E-state index contributed by atoms with van der Waals surface area (Å²) in [5, 5.41) is 18.6. The molecule has 0 fully saturated rings. The number of hydrogen-bond acceptors (Lipinski definition) is 4. The van der Waals surface area contributed by atoms with Gasteiger partial charge in [0.1, 0.15) is 11.5 Å². The standard InChI is InChI=1S/C9H10O4/c1-4-6(11)3-7(12)8(5(2)10)9(4)13/h3-4,12-13H,1-2H3. The van der Waals surface area contributed by atoms with Gasteiger partial charge in [0.25, 0.3) is 0 Å². The van der Waals surface area contributed by atoms with E-state index in [1.165, 1.54) is 13.8 Å². The number of Topliss-reactive ketones (excluding diaryl/α,β-unsaturated/α-hetero) is 1. The average Bonchev–Trinajstić information content (AvgIpc) is 1.99. The molecule has 13 heavy (non-hydrogen) atoms. The Morgan fingerprint density at radius 3 is 2.46 bits per heavy atom. The van der Waals surface area contributed by atoms with Gasteiger partial charge in [-0.1, -0.05) is 0 Å². The molecule has 0 spiro atoms. The quantitative estimate of drug-likeness (QED) is 0.635. The molecule has 1 unspecified atom stereocenters. The van der Waals surface area contributed by atoms with E-state index < -0.39 is 23.2 Å². The fraction of sp³-hybridized carbons (Fsp3) is 0.333. The Hall–Kier alpha value is -1.58. The van der Waals surface area contributed by atoms with E-state index in [1.54, 1.807) is 0 Å². The molecule has 70 valence electrons. The molecule has 0 aromatic rings. The van der Waals surface area contributed by atoms with Crippen LogP contribution < -0.4 is 0 Å². The number of aliphatic hydroxyl groups is 2. The molecule has 0 amide bonds. The second kappa shape index (κ2) is 3.05. The summed E-state index contributed by atoms with van der Waals surface area (Å²) in [6.45, 7) is 2.70. The third-order valence-corrected chi connectivity index (χ3v) is 1.98. The maximum atomic E-state index is 11.0. The lowest BCUT2D eigenvalue weighted by atomic mass is 9.91. The lowest BCUT2D eigenvalue weighted by molar-refractivity contribution is -0.118. The zero-order valence-corrected chi connectivity index (χ0v) is 7.37. The van der Waals surface area contributed by atoms with Crippen molar-refractivity contribution in [3.63, 3.8) is 0 Å². The second-order valence-corrected chi connectivity index (χ2v) is 2.97. The molecule has 0 saturated heterocycles. The predicted octanol–water partition coefficient (Wildman–Crippen LogP) is 1.05. The Labute approximate surface area is 75.2 Å². The van der Waals surface area contributed by atoms with Crippen LogP contribution in [0.2, 0.25) is 0 Å². The molecule has 0 aliphatic heterocycles. The number of ketones is 2. The number of carbonyl (C=O) groups is 2. The molecular weight excluding hydrogens is 172 g/mol. The molecule has 0 radical (unpaired) electrons. The maximum Gasteiger partial charge on any atom is 0.169 e. The Kier molecular flexibility index (Phi) is 2.23. The van der Waals surface area contributed by atoms with E-state index in [4.69, 9.17) is 0 Å². The van der Waals surface area contributed by atoms with Crippen LogP contribution in [0.5, 0.6) is 0 Å². The van der Waals surface area contributed by atoms with Crippen molar-refractivity contribution in [1.82, 2.24) is 0 Å². The highest BCUT2D eigenvalue weighted by molar-refractivity contribution is 6.05. The van der Waals surface area contributed by atoms with Gasteiger partial charge in [-0.2, -0.15) is 0 Å². The molecule has 0 aromatic carbocycles. The summed E-state index contributed by atoms with van der Waals surface area (Å²) in [7, 11) is 0. The molecule has 0 saturated carbocycles. The number of allylic oxidation sites excluding steroid dienone is 3. The number of aliphatic hydroxyl groups excluding tert-OH is 2. The largest absolute Gasteiger partial charge is 0.511 e. The first-order valence-corrected chi connectivity index (χ1v) is 3.84. The Morgan fingerprint density at radius 1 is 1.46 bits per heavy atom. The van der Waals surface area contributed by atoms with E-state index in [0.29, 0.717) is 0 Å². The minimum atomic E-state index is -0.741. The van der Waals surface area contributed by atoms with E-state index >= 15 is 0 Å². The molecule has 0 bridgehead atoms. The summed E-state index contributed by atoms with van der Waals surface area (Å²) in [5.41, 5.74) is -0.160. The second-order valence-electron chi connectivity index (χ2n) is 2.97. The van der Waals surface area contributed by atoms with Crippen LogP contribution in [0.3, 0.4) is 0 Å². The first kappa shape index (κ1) is 9.51. The number of hydrogen-bond donors (Lipinski definition) is 2. The zero-order valence-electron chi connectivity index (χ0n) is 7.37. The van der Waals surface area contributed by atoms with Gasteiger partial charge in [0.15, 0.2) is 11.6 Å². The van der Waals surface area contributed by atoms with Gasteiger partial charge in [0.2, 0.25) is 0 Å². The molecule has 0 aromatic heterocycles. The summed E-state index contributed by atoms with van der Waals surface area (Å²) in [4.78, 5) is 22.0. The molecule has 1 aliphatic carbocycles. The predicted molar refractivity (Wildman–Crippen MR) is 45.2 cm³/mol. The van der Waals surface area contributed by atoms with Crippen molar-refractivity contribution in [3.8, 4) is 0 Å². The van der Waals surface area contributed by atoms with Crippen LogP contribution in [0.25, 0.3) is 0 Å². The van der Waals surface area contributed by atoms with E-state index in [-0.39, 0.29) is 11.3 Å². The molecule has 1 rings (SSSR count). The fourth-order valence-electron chi connectivity index (χ4n) is 1.18. The summed E-state index contributed by atoms with van der Waals surface area (Å²) in [6, 6.07) is 0. The van der Waals surface area contributed by atoms with Gasteiger partial charge in [0, 0.05) is 6.08 Å². The van der Waals surface area contributed by atoms with Crippen LogP contribution in [-0.2, 0) is 9.59 Å². The van der Waals surface area contributed by atoms with Gasteiger partial charge in [-0.05, 0) is 13.8 Å². The monoisotopic (exact) mass is 182 g/mol. The smallest absolute Gasteiger partial charge is 0.169 e. The van der Waals surface area contributed by atoms with Crippen LogP contribution in [0, 0.1) is 5.92 Å². The Morgan fingerprint density at radius 2 is 2.00 bits per heavy atom. The number of rotatable bonds is 1.